The second-order valence-corrected chi connectivity index (χ2v) is 9.21. The number of amides is 1. The lowest BCUT2D eigenvalue weighted by Crippen LogP contribution is -2.55. The second kappa shape index (κ2) is 6.17. The van der Waals surface area contributed by atoms with E-state index in [1.807, 2.05) is 6.26 Å². The minimum atomic E-state index is -0.166. The van der Waals surface area contributed by atoms with E-state index >= 15 is 0 Å². The number of carbonyl (C=O) groups excluding carboxylic acids is 1. The summed E-state index contributed by atoms with van der Waals surface area (Å²) in [6, 6.07) is 0.169. The minimum Gasteiger partial charge on any atom is -0.348 e. The first-order valence-corrected chi connectivity index (χ1v) is 10.5. The minimum absolute atomic E-state index is 0.166. The molecule has 4 aliphatic rings. The average Bonchev–Trinajstić information content (AvgIpc) is 2.54. The van der Waals surface area contributed by atoms with Crippen molar-refractivity contribution in [1.29, 1.82) is 0 Å². The highest BCUT2D eigenvalue weighted by Gasteiger charge is 2.53. The van der Waals surface area contributed by atoms with Crippen molar-refractivity contribution in [2.24, 2.45) is 23.2 Å². The Morgan fingerprint density at radius 1 is 1.29 bits per heavy atom. The molecule has 1 heterocycles. The Balaban J connectivity index is 1.52. The Bertz CT molecular complexity index is 630. The largest absolute Gasteiger partial charge is 0.348 e. The number of nitrogens with zero attached hydrogens (tertiary/aromatic N) is 2. The van der Waals surface area contributed by atoms with Crippen LogP contribution in [-0.4, -0.2) is 28.2 Å². The van der Waals surface area contributed by atoms with Gasteiger partial charge in [0.15, 0.2) is 10.9 Å². The van der Waals surface area contributed by atoms with Crippen molar-refractivity contribution in [1.82, 2.24) is 15.3 Å². The molecule has 5 rings (SSSR count). The zero-order valence-corrected chi connectivity index (χ0v) is 15.8. The number of aromatic nitrogens is 2. The van der Waals surface area contributed by atoms with Crippen LogP contribution in [0.2, 0.25) is 5.02 Å². The number of halogens is 1. The van der Waals surface area contributed by atoms with Crippen LogP contribution >= 0.6 is 23.4 Å². The third-order valence-corrected chi connectivity index (χ3v) is 7.31. The summed E-state index contributed by atoms with van der Waals surface area (Å²) in [7, 11) is 0. The maximum Gasteiger partial charge on any atom is 0.271 e. The van der Waals surface area contributed by atoms with Gasteiger partial charge >= 0.3 is 0 Å². The van der Waals surface area contributed by atoms with E-state index in [2.05, 4.69) is 22.2 Å². The highest BCUT2D eigenvalue weighted by molar-refractivity contribution is 7.98. The van der Waals surface area contributed by atoms with Gasteiger partial charge in [-0.2, -0.15) is 0 Å². The fourth-order valence-electron chi connectivity index (χ4n) is 5.73. The van der Waals surface area contributed by atoms with Gasteiger partial charge in [-0.05, 0) is 74.9 Å². The molecule has 4 aliphatic carbocycles. The molecule has 1 atom stereocenters. The molecule has 1 amide bonds. The SMILES string of the molecule is CSc1ncc(Cl)c(C(=O)N[C@@H](C)C23CC4CC(CC(C4)C2)C3)n1. The maximum absolute atomic E-state index is 12.7. The summed E-state index contributed by atoms with van der Waals surface area (Å²) in [6.07, 6.45) is 11.5. The first-order valence-electron chi connectivity index (χ1n) is 8.86. The lowest BCUT2D eigenvalue weighted by molar-refractivity contribution is -0.0688. The molecule has 0 radical (unpaired) electrons. The molecule has 4 saturated carbocycles. The third-order valence-electron chi connectivity index (χ3n) is 6.47. The monoisotopic (exact) mass is 365 g/mol. The van der Waals surface area contributed by atoms with Crippen LogP contribution in [0.15, 0.2) is 11.4 Å². The Hall–Kier alpha value is -0.810. The molecule has 1 aromatic rings. The fourth-order valence-corrected chi connectivity index (χ4v) is 6.25. The normalized spacial score (nSPS) is 35.0. The molecule has 6 heteroatoms. The zero-order chi connectivity index (χ0) is 16.9. The second-order valence-electron chi connectivity index (χ2n) is 8.03. The zero-order valence-electron chi connectivity index (χ0n) is 14.2. The van der Waals surface area contributed by atoms with E-state index in [1.54, 1.807) is 0 Å². The number of nitrogens with one attached hydrogen (secondary N) is 1. The first kappa shape index (κ1) is 16.6. The summed E-state index contributed by atoms with van der Waals surface area (Å²) in [5.74, 6) is 2.46. The number of rotatable bonds is 4. The molecular weight excluding hydrogens is 342 g/mol. The van der Waals surface area contributed by atoms with Gasteiger partial charge in [-0.15, -0.1) is 0 Å². The predicted molar refractivity (Wildman–Crippen MR) is 96.4 cm³/mol. The first-order chi connectivity index (χ1) is 11.5. The fraction of sp³-hybridized carbons (Fsp3) is 0.722. The van der Waals surface area contributed by atoms with E-state index in [0.29, 0.717) is 15.9 Å². The standard InChI is InChI=1S/C18H24ClN3OS/c1-10(18-6-11-3-12(7-18)5-13(4-11)8-18)21-16(23)15-14(19)9-20-17(22-15)24-2/h9-13H,3-8H2,1-2H3,(H,21,23)/t10-,11?,12?,13?,18?/m0/s1. The van der Waals surface area contributed by atoms with Gasteiger partial charge in [0, 0.05) is 6.04 Å². The third kappa shape index (κ3) is 2.84. The van der Waals surface area contributed by atoms with Gasteiger partial charge in [0.05, 0.1) is 11.2 Å². The van der Waals surface area contributed by atoms with E-state index in [-0.39, 0.29) is 17.4 Å². The number of hydrogen-bond donors (Lipinski definition) is 1. The summed E-state index contributed by atoms with van der Waals surface area (Å²) in [5.41, 5.74) is 0.583. The molecule has 0 aliphatic heterocycles. The van der Waals surface area contributed by atoms with E-state index in [0.717, 1.165) is 17.8 Å². The topological polar surface area (TPSA) is 54.9 Å². The summed E-state index contributed by atoms with van der Waals surface area (Å²) < 4.78 is 0. The van der Waals surface area contributed by atoms with Crippen molar-refractivity contribution in [3.8, 4) is 0 Å². The van der Waals surface area contributed by atoms with Crippen molar-refractivity contribution < 1.29 is 4.79 Å². The van der Waals surface area contributed by atoms with E-state index in [9.17, 15) is 4.79 Å². The predicted octanol–water partition coefficient (Wildman–Crippen LogP) is 4.19. The van der Waals surface area contributed by atoms with Gasteiger partial charge < -0.3 is 5.32 Å². The average molecular weight is 366 g/mol. The lowest BCUT2D eigenvalue weighted by atomic mass is 9.48. The summed E-state index contributed by atoms with van der Waals surface area (Å²) in [6.45, 7) is 2.18. The van der Waals surface area contributed by atoms with E-state index < -0.39 is 0 Å². The Morgan fingerprint density at radius 2 is 1.88 bits per heavy atom. The highest BCUT2D eigenvalue weighted by Crippen LogP contribution is 2.61. The van der Waals surface area contributed by atoms with Crippen LogP contribution in [0.4, 0.5) is 0 Å². The van der Waals surface area contributed by atoms with Crippen LogP contribution in [0, 0.1) is 23.2 Å². The molecule has 24 heavy (non-hydrogen) atoms. The molecule has 0 aromatic carbocycles. The van der Waals surface area contributed by atoms with Gasteiger partial charge in [0.1, 0.15) is 0 Å². The quantitative estimate of drug-likeness (QED) is 0.642. The Labute approximate surface area is 152 Å². The molecular formula is C18H24ClN3OS. The van der Waals surface area contributed by atoms with Crippen molar-refractivity contribution in [2.75, 3.05) is 6.26 Å². The molecule has 130 valence electrons. The Morgan fingerprint density at radius 3 is 2.42 bits per heavy atom. The maximum atomic E-state index is 12.7. The molecule has 0 spiro atoms. The van der Waals surface area contributed by atoms with Crippen LogP contribution in [0.3, 0.4) is 0 Å². The lowest BCUT2D eigenvalue weighted by Gasteiger charge is -2.59. The van der Waals surface area contributed by atoms with Gasteiger partial charge in [0.2, 0.25) is 0 Å². The molecule has 4 fully saturated rings. The molecule has 0 saturated heterocycles. The van der Waals surface area contributed by atoms with E-state index in [4.69, 9.17) is 11.6 Å². The molecule has 1 aromatic heterocycles. The van der Waals surface area contributed by atoms with Gasteiger partial charge in [-0.25, -0.2) is 9.97 Å². The number of carbonyl (C=O) groups is 1. The summed E-state index contributed by atoms with van der Waals surface area (Å²) >= 11 is 7.57. The van der Waals surface area contributed by atoms with Crippen LogP contribution in [-0.2, 0) is 0 Å². The molecule has 1 N–H and O–H groups in total. The number of hydrogen-bond acceptors (Lipinski definition) is 4. The van der Waals surface area contributed by atoms with Crippen LogP contribution in [0.25, 0.3) is 0 Å². The van der Waals surface area contributed by atoms with E-state index in [1.165, 1.54) is 56.5 Å². The summed E-state index contributed by atoms with van der Waals surface area (Å²) in [4.78, 5) is 21.2. The smallest absolute Gasteiger partial charge is 0.271 e. The molecule has 0 unspecified atom stereocenters. The van der Waals surface area contributed by atoms with Crippen molar-refractivity contribution in [2.45, 2.75) is 56.6 Å². The van der Waals surface area contributed by atoms with Crippen LogP contribution in [0.5, 0.6) is 0 Å². The van der Waals surface area contributed by atoms with Gasteiger partial charge in [-0.1, -0.05) is 23.4 Å². The summed E-state index contributed by atoms with van der Waals surface area (Å²) in [5, 5.41) is 4.12. The highest BCUT2D eigenvalue weighted by atomic mass is 35.5. The van der Waals surface area contributed by atoms with Gasteiger partial charge in [-0.3, -0.25) is 4.79 Å². The van der Waals surface area contributed by atoms with Gasteiger partial charge in [0.25, 0.3) is 5.91 Å². The van der Waals surface area contributed by atoms with Crippen molar-refractivity contribution in [3.05, 3.63) is 16.9 Å². The molecule has 4 nitrogen and oxygen atoms in total. The Kier molecular flexibility index (Phi) is 4.28. The van der Waals surface area contributed by atoms with Crippen molar-refractivity contribution >= 4 is 29.3 Å². The van der Waals surface area contributed by atoms with Crippen LogP contribution < -0.4 is 5.32 Å². The van der Waals surface area contributed by atoms with Crippen LogP contribution in [0.1, 0.15) is 55.9 Å². The number of thioether (sulfide) groups is 1. The molecule has 4 bridgehead atoms. The van der Waals surface area contributed by atoms with Crippen molar-refractivity contribution in [3.63, 3.8) is 0 Å².